The summed E-state index contributed by atoms with van der Waals surface area (Å²) in [6.45, 7) is 0. The van der Waals surface area contributed by atoms with Crippen LogP contribution < -0.4 is 11.2 Å². The molecule has 0 aliphatic rings. The molecule has 0 heterocycles. The first-order valence-corrected chi connectivity index (χ1v) is 3.41. The first-order valence-electron chi connectivity index (χ1n) is 3.41. The Kier molecular flexibility index (Phi) is 5.33. The Morgan fingerprint density at radius 2 is 2.25 bits per heavy atom. The lowest BCUT2D eigenvalue weighted by atomic mass is 10.2. The molecule has 0 aromatic carbocycles. The molecule has 6 nitrogen and oxygen atoms in total. The third-order valence-corrected chi connectivity index (χ3v) is 0.990. The molecule has 0 aromatic rings. The van der Waals surface area contributed by atoms with Crippen molar-refractivity contribution in [1.82, 2.24) is 5.43 Å². The van der Waals surface area contributed by atoms with Crippen molar-refractivity contribution in [3.05, 3.63) is 0 Å². The van der Waals surface area contributed by atoms with Gasteiger partial charge in [-0.05, 0) is 12.8 Å². The zero-order valence-corrected chi connectivity index (χ0v) is 6.49. The number of hydrogen-bond donors (Lipinski definition) is 3. The summed E-state index contributed by atoms with van der Waals surface area (Å²) in [5, 5.41) is 11.6. The molecule has 12 heavy (non-hydrogen) atoms. The third kappa shape index (κ3) is 8.41. The number of primary amides is 1. The van der Waals surface area contributed by atoms with Gasteiger partial charge < -0.3 is 10.8 Å². The van der Waals surface area contributed by atoms with E-state index in [4.69, 9.17) is 10.8 Å². The van der Waals surface area contributed by atoms with Crippen molar-refractivity contribution in [3.8, 4) is 0 Å². The molecular weight excluding hydrogens is 162 g/mol. The van der Waals surface area contributed by atoms with E-state index in [2.05, 4.69) is 5.10 Å². The normalized spacial score (nSPS) is 10.0. The van der Waals surface area contributed by atoms with E-state index >= 15 is 0 Å². The molecule has 0 unspecified atom stereocenters. The van der Waals surface area contributed by atoms with Gasteiger partial charge in [-0.25, -0.2) is 10.2 Å². The summed E-state index contributed by atoms with van der Waals surface area (Å²) in [4.78, 5) is 20.0. The van der Waals surface area contributed by atoms with Crippen LogP contribution in [0.1, 0.15) is 19.3 Å². The molecule has 4 N–H and O–H groups in total. The number of carboxylic acid groups (broad SMARTS) is 1. The zero-order chi connectivity index (χ0) is 9.40. The predicted molar refractivity (Wildman–Crippen MR) is 42.7 cm³/mol. The van der Waals surface area contributed by atoms with Gasteiger partial charge in [-0.3, -0.25) is 4.79 Å². The van der Waals surface area contributed by atoms with Crippen LogP contribution in [0.25, 0.3) is 0 Å². The minimum atomic E-state index is -0.841. The van der Waals surface area contributed by atoms with Crippen molar-refractivity contribution in [1.29, 1.82) is 0 Å². The van der Waals surface area contributed by atoms with Gasteiger partial charge in [0.15, 0.2) is 0 Å². The molecule has 0 spiro atoms. The minimum absolute atomic E-state index is 0.0998. The van der Waals surface area contributed by atoms with Crippen molar-refractivity contribution < 1.29 is 14.7 Å². The Balaban J connectivity index is 3.25. The molecule has 0 atom stereocenters. The van der Waals surface area contributed by atoms with Gasteiger partial charge in [0.2, 0.25) is 0 Å². The Morgan fingerprint density at radius 3 is 2.75 bits per heavy atom. The van der Waals surface area contributed by atoms with Gasteiger partial charge >= 0.3 is 12.0 Å². The molecule has 0 aliphatic heterocycles. The van der Waals surface area contributed by atoms with E-state index in [1.807, 2.05) is 5.43 Å². The largest absolute Gasteiger partial charge is 0.481 e. The molecule has 0 bridgehead atoms. The predicted octanol–water partition coefficient (Wildman–Crippen LogP) is -0.105. The first-order chi connectivity index (χ1) is 5.63. The monoisotopic (exact) mass is 173 g/mol. The summed E-state index contributed by atoms with van der Waals surface area (Å²) in [5.74, 6) is -0.841. The summed E-state index contributed by atoms with van der Waals surface area (Å²) in [5.41, 5.74) is 6.69. The highest BCUT2D eigenvalue weighted by atomic mass is 16.4. The Hall–Kier alpha value is -1.59. The topological polar surface area (TPSA) is 105 Å². The second kappa shape index (κ2) is 6.14. The molecule has 0 saturated heterocycles. The number of nitrogens with one attached hydrogen (secondary N) is 1. The maximum absolute atomic E-state index is 10.0. The van der Waals surface area contributed by atoms with Crippen LogP contribution in [-0.2, 0) is 4.79 Å². The summed E-state index contributed by atoms with van der Waals surface area (Å²) in [6, 6.07) is -0.732. The van der Waals surface area contributed by atoms with E-state index in [9.17, 15) is 9.59 Å². The molecule has 0 saturated carbocycles. The van der Waals surface area contributed by atoms with Crippen LogP contribution in [0.3, 0.4) is 0 Å². The Bertz CT molecular complexity index is 190. The summed E-state index contributed by atoms with van der Waals surface area (Å²) >= 11 is 0. The van der Waals surface area contributed by atoms with E-state index in [1.54, 1.807) is 0 Å². The average molecular weight is 173 g/mol. The van der Waals surface area contributed by atoms with Crippen molar-refractivity contribution >= 4 is 18.2 Å². The molecule has 0 rings (SSSR count). The van der Waals surface area contributed by atoms with Crippen molar-refractivity contribution in [2.24, 2.45) is 10.8 Å². The van der Waals surface area contributed by atoms with Crippen molar-refractivity contribution in [3.63, 3.8) is 0 Å². The van der Waals surface area contributed by atoms with Gasteiger partial charge in [0.1, 0.15) is 0 Å². The quantitative estimate of drug-likeness (QED) is 0.307. The average Bonchev–Trinajstić information content (AvgIpc) is 1.95. The number of carbonyl (C=O) groups excluding carboxylic acids is 1. The van der Waals surface area contributed by atoms with Gasteiger partial charge in [-0.2, -0.15) is 5.10 Å². The molecule has 6 heteroatoms. The second-order valence-corrected chi connectivity index (χ2v) is 2.07. The fraction of sp³-hybridized carbons (Fsp3) is 0.500. The number of urea groups is 1. The van der Waals surface area contributed by atoms with Crippen LogP contribution >= 0.6 is 0 Å². The fourth-order valence-electron chi connectivity index (χ4n) is 0.518. The number of carboxylic acids is 1. The lowest BCUT2D eigenvalue weighted by Gasteiger charge is -1.91. The molecule has 68 valence electrons. The number of aliphatic carboxylic acids is 1. The summed E-state index contributed by atoms with van der Waals surface area (Å²) in [7, 11) is 0. The number of nitrogens with zero attached hydrogens (tertiary/aromatic N) is 1. The van der Waals surface area contributed by atoms with Crippen molar-refractivity contribution in [2.45, 2.75) is 19.3 Å². The van der Waals surface area contributed by atoms with Gasteiger partial charge in [0, 0.05) is 12.6 Å². The first kappa shape index (κ1) is 10.4. The highest BCUT2D eigenvalue weighted by molar-refractivity contribution is 5.73. The minimum Gasteiger partial charge on any atom is -0.481 e. The van der Waals surface area contributed by atoms with Gasteiger partial charge in [0.25, 0.3) is 0 Å². The standard InChI is InChI=1S/C6H11N3O3/c7-6(12)9-8-4-2-1-3-5(10)11/h4H,1-3H2,(H,10,11)(H3,7,9,12)/b8-4+. The van der Waals surface area contributed by atoms with Crippen LogP contribution in [0, 0.1) is 0 Å². The highest BCUT2D eigenvalue weighted by Gasteiger charge is 1.93. The zero-order valence-electron chi connectivity index (χ0n) is 6.49. The number of unbranched alkanes of at least 4 members (excludes halogenated alkanes) is 1. The molecule has 0 aliphatic carbocycles. The molecule has 0 aromatic heterocycles. The maximum atomic E-state index is 10.0. The summed E-state index contributed by atoms with van der Waals surface area (Å²) < 4.78 is 0. The van der Waals surface area contributed by atoms with E-state index in [0.29, 0.717) is 12.8 Å². The fourth-order valence-corrected chi connectivity index (χ4v) is 0.518. The number of amides is 2. The molecular formula is C6H11N3O3. The van der Waals surface area contributed by atoms with Crippen LogP contribution in [-0.4, -0.2) is 23.3 Å². The number of hydrogen-bond acceptors (Lipinski definition) is 3. The SMILES string of the molecule is NC(=O)N/N=C/CCCC(=O)O. The smallest absolute Gasteiger partial charge is 0.332 e. The Labute approximate surface area is 69.4 Å². The van der Waals surface area contributed by atoms with E-state index in [-0.39, 0.29) is 6.42 Å². The van der Waals surface area contributed by atoms with Crippen LogP contribution in [0.2, 0.25) is 0 Å². The van der Waals surface area contributed by atoms with Gasteiger partial charge in [-0.1, -0.05) is 0 Å². The van der Waals surface area contributed by atoms with Crippen LogP contribution in [0.4, 0.5) is 4.79 Å². The molecule has 0 radical (unpaired) electrons. The number of carbonyl (C=O) groups is 2. The van der Waals surface area contributed by atoms with Crippen LogP contribution in [0.5, 0.6) is 0 Å². The highest BCUT2D eigenvalue weighted by Crippen LogP contribution is 1.91. The lowest BCUT2D eigenvalue weighted by Crippen LogP contribution is -2.24. The van der Waals surface area contributed by atoms with E-state index in [1.165, 1.54) is 6.21 Å². The maximum Gasteiger partial charge on any atom is 0.332 e. The van der Waals surface area contributed by atoms with Crippen LogP contribution in [0.15, 0.2) is 5.10 Å². The number of hydrazone groups is 1. The van der Waals surface area contributed by atoms with Gasteiger partial charge in [0.05, 0.1) is 0 Å². The Morgan fingerprint density at radius 1 is 1.58 bits per heavy atom. The lowest BCUT2D eigenvalue weighted by molar-refractivity contribution is -0.137. The van der Waals surface area contributed by atoms with Gasteiger partial charge in [-0.15, -0.1) is 0 Å². The number of nitrogens with two attached hydrogens (primary N) is 1. The summed E-state index contributed by atoms with van der Waals surface area (Å²) in [6.07, 6.45) is 2.52. The van der Waals surface area contributed by atoms with E-state index < -0.39 is 12.0 Å². The molecule has 2 amide bonds. The number of rotatable bonds is 5. The van der Waals surface area contributed by atoms with Crippen molar-refractivity contribution in [2.75, 3.05) is 0 Å². The third-order valence-electron chi connectivity index (χ3n) is 0.990. The molecule has 0 fully saturated rings. The second-order valence-electron chi connectivity index (χ2n) is 2.07. The van der Waals surface area contributed by atoms with E-state index in [0.717, 1.165) is 0 Å².